The van der Waals surface area contributed by atoms with Gasteiger partial charge in [-0.2, -0.15) is 0 Å². The summed E-state index contributed by atoms with van der Waals surface area (Å²) in [5.41, 5.74) is 2.19. The van der Waals surface area contributed by atoms with Crippen LogP contribution in [0.5, 0.6) is 11.5 Å². The maximum atomic E-state index is 5.41. The zero-order chi connectivity index (χ0) is 18.2. The standard InChI is InChI=1S/C18H26N4O2S/c1-12-13(2)25-17(22-12)11-21-18(19-3)20-9-8-14-10-15(23-4)6-7-16(14)24-5/h6-7,10H,8-9,11H2,1-5H3,(H2,19,20,21). The fourth-order valence-electron chi connectivity index (χ4n) is 2.39. The van der Waals surface area contributed by atoms with Crippen LogP contribution in [-0.2, 0) is 13.0 Å². The Balaban J connectivity index is 1.87. The van der Waals surface area contributed by atoms with Crippen LogP contribution in [0.1, 0.15) is 21.1 Å². The number of hydrogen-bond acceptors (Lipinski definition) is 5. The zero-order valence-electron chi connectivity index (χ0n) is 15.5. The number of aromatic nitrogens is 1. The molecule has 0 unspecified atom stereocenters. The van der Waals surface area contributed by atoms with E-state index in [1.165, 1.54) is 4.88 Å². The predicted octanol–water partition coefficient (Wildman–Crippen LogP) is 2.68. The van der Waals surface area contributed by atoms with E-state index in [0.29, 0.717) is 6.54 Å². The van der Waals surface area contributed by atoms with Gasteiger partial charge in [0.1, 0.15) is 16.5 Å². The molecule has 0 spiro atoms. The summed E-state index contributed by atoms with van der Waals surface area (Å²) in [7, 11) is 5.11. The molecule has 0 aliphatic heterocycles. The van der Waals surface area contributed by atoms with Crippen LogP contribution in [-0.4, -0.2) is 38.8 Å². The number of benzene rings is 1. The van der Waals surface area contributed by atoms with Crippen molar-refractivity contribution in [2.24, 2.45) is 4.99 Å². The van der Waals surface area contributed by atoms with Crippen molar-refractivity contribution in [3.05, 3.63) is 39.3 Å². The van der Waals surface area contributed by atoms with Gasteiger partial charge < -0.3 is 20.1 Å². The molecule has 1 heterocycles. The maximum absolute atomic E-state index is 5.41. The second kappa shape index (κ2) is 9.27. The van der Waals surface area contributed by atoms with Gasteiger partial charge in [0.15, 0.2) is 5.96 Å². The number of aryl methyl sites for hydroxylation is 2. The van der Waals surface area contributed by atoms with Gasteiger partial charge in [-0.05, 0) is 44.0 Å². The largest absolute Gasteiger partial charge is 0.497 e. The Morgan fingerprint density at radius 2 is 2.00 bits per heavy atom. The maximum Gasteiger partial charge on any atom is 0.191 e. The van der Waals surface area contributed by atoms with Crippen LogP contribution in [0.3, 0.4) is 0 Å². The quantitative estimate of drug-likeness (QED) is 0.585. The highest BCUT2D eigenvalue weighted by molar-refractivity contribution is 7.11. The second-order valence-corrected chi connectivity index (χ2v) is 6.82. The van der Waals surface area contributed by atoms with Crippen LogP contribution in [0.4, 0.5) is 0 Å². The minimum Gasteiger partial charge on any atom is -0.497 e. The lowest BCUT2D eigenvalue weighted by Crippen LogP contribution is -2.37. The highest BCUT2D eigenvalue weighted by Gasteiger charge is 2.07. The van der Waals surface area contributed by atoms with Crippen LogP contribution < -0.4 is 20.1 Å². The Hall–Kier alpha value is -2.28. The molecule has 0 aliphatic rings. The average Bonchev–Trinajstić information content (AvgIpc) is 2.95. The number of guanidine groups is 1. The van der Waals surface area contributed by atoms with E-state index in [9.17, 15) is 0 Å². The lowest BCUT2D eigenvalue weighted by atomic mass is 10.1. The summed E-state index contributed by atoms with van der Waals surface area (Å²) in [6.07, 6.45) is 0.802. The van der Waals surface area contributed by atoms with Gasteiger partial charge in [0.2, 0.25) is 0 Å². The van der Waals surface area contributed by atoms with Crippen LogP contribution in [0.25, 0.3) is 0 Å². The molecule has 0 atom stereocenters. The van der Waals surface area contributed by atoms with E-state index in [-0.39, 0.29) is 0 Å². The minimum atomic E-state index is 0.668. The van der Waals surface area contributed by atoms with E-state index in [4.69, 9.17) is 9.47 Å². The van der Waals surface area contributed by atoms with Crippen molar-refractivity contribution < 1.29 is 9.47 Å². The number of ether oxygens (including phenoxy) is 2. The number of nitrogens with zero attached hydrogens (tertiary/aromatic N) is 2. The number of rotatable bonds is 7. The predicted molar refractivity (Wildman–Crippen MR) is 103 cm³/mol. The summed E-state index contributed by atoms with van der Waals surface area (Å²) in [6, 6.07) is 5.82. The SMILES string of the molecule is CN=C(NCCc1cc(OC)ccc1OC)NCc1nc(C)c(C)s1. The van der Waals surface area contributed by atoms with Gasteiger partial charge in [-0.25, -0.2) is 4.98 Å². The first-order chi connectivity index (χ1) is 12.1. The number of aliphatic imine (C=N–C) groups is 1. The normalized spacial score (nSPS) is 11.3. The van der Waals surface area contributed by atoms with E-state index < -0.39 is 0 Å². The molecule has 2 aromatic rings. The van der Waals surface area contributed by atoms with E-state index in [2.05, 4.69) is 27.5 Å². The Labute approximate surface area is 153 Å². The highest BCUT2D eigenvalue weighted by atomic mass is 32.1. The van der Waals surface area contributed by atoms with E-state index in [1.807, 2.05) is 25.1 Å². The van der Waals surface area contributed by atoms with Crippen LogP contribution in [0.2, 0.25) is 0 Å². The summed E-state index contributed by atoms with van der Waals surface area (Å²) in [5.74, 6) is 2.44. The summed E-state index contributed by atoms with van der Waals surface area (Å²) in [6.45, 7) is 5.52. The van der Waals surface area contributed by atoms with Gasteiger partial charge in [0.25, 0.3) is 0 Å². The molecule has 0 bridgehead atoms. The summed E-state index contributed by atoms with van der Waals surface area (Å²) in [5, 5.41) is 7.67. The molecule has 25 heavy (non-hydrogen) atoms. The average molecular weight is 362 g/mol. The van der Waals surface area contributed by atoms with Crippen LogP contribution >= 0.6 is 11.3 Å². The molecule has 1 aromatic carbocycles. The fourth-order valence-corrected chi connectivity index (χ4v) is 3.26. The zero-order valence-corrected chi connectivity index (χ0v) is 16.3. The van der Waals surface area contributed by atoms with Crippen LogP contribution in [0, 0.1) is 13.8 Å². The third-order valence-corrected chi connectivity index (χ3v) is 4.95. The van der Waals surface area contributed by atoms with E-state index >= 15 is 0 Å². The van der Waals surface area contributed by atoms with Gasteiger partial charge in [-0.3, -0.25) is 4.99 Å². The summed E-state index contributed by atoms with van der Waals surface area (Å²) < 4.78 is 10.7. The van der Waals surface area contributed by atoms with Crippen molar-refractivity contribution in [1.82, 2.24) is 15.6 Å². The number of thiazole rings is 1. The monoisotopic (exact) mass is 362 g/mol. The van der Waals surface area contributed by atoms with Crippen molar-refractivity contribution >= 4 is 17.3 Å². The number of hydrogen-bond donors (Lipinski definition) is 2. The molecule has 2 N–H and O–H groups in total. The van der Waals surface area contributed by atoms with Crippen molar-refractivity contribution in [3.8, 4) is 11.5 Å². The van der Waals surface area contributed by atoms with Crippen molar-refractivity contribution in [3.63, 3.8) is 0 Å². The third-order valence-electron chi connectivity index (χ3n) is 3.88. The molecule has 0 amide bonds. The lowest BCUT2D eigenvalue weighted by Gasteiger charge is -2.13. The van der Waals surface area contributed by atoms with Gasteiger partial charge in [0, 0.05) is 18.5 Å². The molecule has 1 aromatic heterocycles. The van der Waals surface area contributed by atoms with Gasteiger partial charge in [0.05, 0.1) is 26.5 Å². The smallest absolute Gasteiger partial charge is 0.191 e. The highest BCUT2D eigenvalue weighted by Crippen LogP contribution is 2.24. The van der Waals surface area contributed by atoms with Crippen LogP contribution in [0.15, 0.2) is 23.2 Å². The number of methoxy groups -OCH3 is 2. The van der Waals surface area contributed by atoms with Crippen molar-refractivity contribution in [1.29, 1.82) is 0 Å². The molecular formula is C18H26N4O2S. The summed E-state index contributed by atoms with van der Waals surface area (Å²) in [4.78, 5) is 10.0. The minimum absolute atomic E-state index is 0.668. The molecule has 0 radical (unpaired) electrons. The Morgan fingerprint density at radius 1 is 1.20 bits per heavy atom. The van der Waals surface area contributed by atoms with E-state index in [0.717, 1.165) is 46.7 Å². The third kappa shape index (κ3) is 5.35. The Morgan fingerprint density at radius 3 is 2.60 bits per heavy atom. The van der Waals surface area contributed by atoms with Gasteiger partial charge in [-0.15, -0.1) is 11.3 Å². The molecular weight excluding hydrogens is 336 g/mol. The molecule has 136 valence electrons. The molecule has 0 saturated heterocycles. The molecule has 0 aliphatic carbocycles. The second-order valence-electron chi connectivity index (χ2n) is 5.53. The Bertz CT molecular complexity index is 708. The molecule has 2 rings (SSSR count). The summed E-state index contributed by atoms with van der Waals surface area (Å²) >= 11 is 1.71. The lowest BCUT2D eigenvalue weighted by molar-refractivity contribution is 0.398. The molecule has 7 heteroatoms. The first kappa shape index (κ1) is 19.1. The number of nitrogens with one attached hydrogen (secondary N) is 2. The first-order valence-electron chi connectivity index (χ1n) is 8.15. The Kier molecular flexibility index (Phi) is 7.06. The fraction of sp³-hybridized carbons (Fsp3) is 0.444. The molecule has 0 saturated carbocycles. The molecule has 6 nitrogen and oxygen atoms in total. The van der Waals surface area contributed by atoms with Crippen molar-refractivity contribution in [2.45, 2.75) is 26.8 Å². The van der Waals surface area contributed by atoms with Gasteiger partial charge in [-0.1, -0.05) is 0 Å². The van der Waals surface area contributed by atoms with Gasteiger partial charge >= 0.3 is 0 Å². The molecule has 0 fully saturated rings. The first-order valence-corrected chi connectivity index (χ1v) is 8.97. The van der Waals surface area contributed by atoms with Crippen molar-refractivity contribution in [2.75, 3.05) is 27.8 Å². The van der Waals surface area contributed by atoms with E-state index in [1.54, 1.807) is 32.6 Å². The topological polar surface area (TPSA) is 67.8 Å².